The third-order valence-corrected chi connectivity index (χ3v) is 3.89. The molecule has 0 bridgehead atoms. The lowest BCUT2D eigenvalue weighted by atomic mass is 10.1. The molecular weight excluding hydrogens is 429 g/mol. The Kier molecular flexibility index (Phi) is 12.1. The molecule has 0 fully saturated rings. The smallest absolute Gasteiger partial charge is 0.191 e. The van der Waals surface area contributed by atoms with E-state index in [9.17, 15) is 0 Å². The van der Waals surface area contributed by atoms with Gasteiger partial charge < -0.3 is 15.2 Å². The summed E-state index contributed by atoms with van der Waals surface area (Å²) in [5, 5.41) is 10.7. The van der Waals surface area contributed by atoms with Crippen LogP contribution in [0.5, 0.6) is 0 Å². The van der Waals surface area contributed by atoms with Gasteiger partial charge in [-0.3, -0.25) is 4.90 Å². The number of hydrogen-bond acceptors (Lipinski definition) is 4. The number of nitrogens with zero attached hydrogens (tertiary/aromatic N) is 3. The maximum Gasteiger partial charge on any atom is 0.191 e. The number of aromatic nitrogens is 1. The quantitative estimate of drug-likeness (QED) is 0.332. The van der Waals surface area contributed by atoms with Gasteiger partial charge in [-0.15, -0.1) is 24.0 Å². The lowest BCUT2D eigenvalue weighted by Crippen LogP contribution is -2.45. The Bertz CT molecular complexity index is 491. The van der Waals surface area contributed by atoms with E-state index in [4.69, 9.17) is 4.52 Å². The van der Waals surface area contributed by atoms with Crippen LogP contribution in [0.25, 0.3) is 0 Å². The summed E-state index contributed by atoms with van der Waals surface area (Å²) in [6.07, 6.45) is 0. The Balaban J connectivity index is 0.00000576. The van der Waals surface area contributed by atoms with Crippen LogP contribution in [0.15, 0.2) is 15.6 Å². The molecule has 0 amide bonds. The summed E-state index contributed by atoms with van der Waals surface area (Å²) in [5.74, 6) is 1.98. The molecule has 2 N–H and O–H groups in total. The van der Waals surface area contributed by atoms with Crippen LogP contribution in [-0.2, 0) is 6.54 Å². The highest BCUT2D eigenvalue weighted by molar-refractivity contribution is 14.0. The summed E-state index contributed by atoms with van der Waals surface area (Å²) >= 11 is 0. The molecule has 1 rings (SSSR count). The summed E-state index contributed by atoms with van der Waals surface area (Å²) in [5.41, 5.74) is 0.975. The average molecular weight is 465 g/mol. The Morgan fingerprint density at radius 1 is 1.16 bits per heavy atom. The van der Waals surface area contributed by atoms with Crippen LogP contribution < -0.4 is 10.6 Å². The van der Waals surface area contributed by atoms with Gasteiger partial charge >= 0.3 is 0 Å². The first-order valence-corrected chi connectivity index (χ1v) is 9.08. The van der Waals surface area contributed by atoms with Gasteiger partial charge in [0.05, 0.1) is 5.69 Å². The summed E-state index contributed by atoms with van der Waals surface area (Å²) in [6, 6.07) is 3.06. The second kappa shape index (κ2) is 12.5. The fraction of sp³-hybridized carbons (Fsp3) is 0.778. The third-order valence-electron chi connectivity index (χ3n) is 3.89. The molecule has 0 aliphatic heterocycles. The minimum Gasteiger partial charge on any atom is -0.359 e. The molecule has 0 radical (unpaired) electrons. The lowest BCUT2D eigenvalue weighted by Gasteiger charge is -2.30. The molecule has 0 saturated carbocycles. The Morgan fingerprint density at radius 2 is 1.80 bits per heavy atom. The number of aliphatic imine (C=N–C) groups is 1. The zero-order valence-corrected chi connectivity index (χ0v) is 19.1. The van der Waals surface area contributed by atoms with Crippen molar-refractivity contribution in [3.8, 4) is 0 Å². The van der Waals surface area contributed by atoms with E-state index in [0.717, 1.165) is 37.0 Å². The summed E-state index contributed by atoms with van der Waals surface area (Å²) in [6.45, 7) is 18.4. The van der Waals surface area contributed by atoms with Crippen molar-refractivity contribution in [3.63, 3.8) is 0 Å². The topological polar surface area (TPSA) is 65.7 Å². The van der Waals surface area contributed by atoms with Gasteiger partial charge in [-0.25, -0.2) is 4.99 Å². The molecule has 1 aromatic heterocycles. The standard InChI is InChI=1S/C18H35N5O.HI/c1-8-19-18(20-9-10-23(14(4)5)15(6)7)21-12-16-11-17(13(2)3)22-24-16;/h11,13-15H,8-10,12H2,1-7H3,(H2,19,20,21);1H. The SMILES string of the molecule is CCNC(=NCc1cc(C(C)C)no1)NCCN(C(C)C)C(C)C.I. The van der Waals surface area contributed by atoms with Crippen molar-refractivity contribution in [1.82, 2.24) is 20.7 Å². The first-order chi connectivity index (χ1) is 11.3. The number of halogens is 1. The Hall–Kier alpha value is -0.830. The van der Waals surface area contributed by atoms with E-state index in [1.807, 2.05) is 6.07 Å². The molecular formula is C18H36IN5O. The normalized spacial score (nSPS) is 12.2. The Morgan fingerprint density at radius 3 is 2.28 bits per heavy atom. The molecule has 1 heterocycles. The van der Waals surface area contributed by atoms with Crippen molar-refractivity contribution in [2.75, 3.05) is 19.6 Å². The molecule has 0 aliphatic carbocycles. The monoisotopic (exact) mass is 465 g/mol. The molecule has 1 aromatic rings. The highest BCUT2D eigenvalue weighted by Crippen LogP contribution is 2.14. The van der Waals surface area contributed by atoms with Crippen LogP contribution in [0, 0.1) is 0 Å². The van der Waals surface area contributed by atoms with Crippen LogP contribution in [0.2, 0.25) is 0 Å². The second-order valence-corrected chi connectivity index (χ2v) is 6.92. The maximum absolute atomic E-state index is 5.34. The zero-order chi connectivity index (χ0) is 18.1. The van der Waals surface area contributed by atoms with Gasteiger partial charge in [0.1, 0.15) is 6.54 Å². The van der Waals surface area contributed by atoms with E-state index in [2.05, 4.69) is 74.1 Å². The van der Waals surface area contributed by atoms with Crippen LogP contribution in [0.3, 0.4) is 0 Å². The van der Waals surface area contributed by atoms with Gasteiger partial charge in [0.25, 0.3) is 0 Å². The number of guanidine groups is 1. The summed E-state index contributed by atoms with van der Waals surface area (Å²) in [7, 11) is 0. The van der Waals surface area contributed by atoms with Crippen molar-refractivity contribution in [1.29, 1.82) is 0 Å². The van der Waals surface area contributed by atoms with E-state index >= 15 is 0 Å². The van der Waals surface area contributed by atoms with Crippen molar-refractivity contribution in [3.05, 3.63) is 17.5 Å². The van der Waals surface area contributed by atoms with Gasteiger partial charge in [-0.05, 0) is 40.5 Å². The molecule has 0 aromatic carbocycles. The van der Waals surface area contributed by atoms with Gasteiger partial charge in [0.15, 0.2) is 11.7 Å². The molecule has 25 heavy (non-hydrogen) atoms. The first-order valence-electron chi connectivity index (χ1n) is 9.08. The van der Waals surface area contributed by atoms with E-state index < -0.39 is 0 Å². The average Bonchev–Trinajstić information content (AvgIpc) is 2.97. The number of nitrogens with one attached hydrogen (secondary N) is 2. The molecule has 0 aliphatic rings. The van der Waals surface area contributed by atoms with Crippen molar-refractivity contribution in [2.24, 2.45) is 4.99 Å². The second-order valence-electron chi connectivity index (χ2n) is 6.92. The van der Waals surface area contributed by atoms with Gasteiger partial charge in [-0.2, -0.15) is 0 Å². The molecule has 146 valence electrons. The summed E-state index contributed by atoms with van der Waals surface area (Å²) < 4.78 is 5.34. The van der Waals surface area contributed by atoms with E-state index in [-0.39, 0.29) is 24.0 Å². The van der Waals surface area contributed by atoms with Crippen LogP contribution in [-0.4, -0.2) is 47.7 Å². The molecule has 0 atom stereocenters. The van der Waals surface area contributed by atoms with Crippen molar-refractivity contribution in [2.45, 2.75) is 73.0 Å². The third kappa shape index (κ3) is 8.89. The van der Waals surface area contributed by atoms with E-state index in [1.54, 1.807) is 0 Å². The zero-order valence-electron chi connectivity index (χ0n) is 16.8. The molecule has 0 saturated heterocycles. The minimum absolute atomic E-state index is 0. The van der Waals surface area contributed by atoms with Gasteiger partial charge in [0, 0.05) is 37.8 Å². The van der Waals surface area contributed by atoms with E-state index in [0.29, 0.717) is 24.5 Å². The Labute approximate surface area is 170 Å². The van der Waals surface area contributed by atoms with Crippen LogP contribution in [0.4, 0.5) is 0 Å². The van der Waals surface area contributed by atoms with E-state index in [1.165, 1.54) is 0 Å². The molecule has 0 spiro atoms. The van der Waals surface area contributed by atoms with Crippen molar-refractivity contribution >= 4 is 29.9 Å². The highest BCUT2D eigenvalue weighted by Gasteiger charge is 2.13. The minimum atomic E-state index is 0. The maximum atomic E-state index is 5.34. The summed E-state index contributed by atoms with van der Waals surface area (Å²) in [4.78, 5) is 7.05. The fourth-order valence-electron chi connectivity index (χ4n) is 2.59. The fourth-order valence-corrected chi connectivity index (χ4v) is 2.59. The van der Waals surface area contributed by atoms with Crippen LogP contribution >= 0.6 is 24.0 Å². The van der Waals surface area contributed by atoms with Gasteiger partial charge in [0.2, 0.25) is 0 Å². The lowest BCUT2D eigenvalue weighted by molar-refractivity contribution is 0.178. The molecule has 6 nitrogen and oxygen atoms in total. The predicted octanol–water partition coefficient (Wildman–Crippen LogP) is 3.59. The largest absolute Gasteiger partial charge is 0.359 e. The van der Waals surface area contributed by atoms with Gasteiger partial charge in [-0.1, -0.05) is 19.0 Å². The first kappa shape index (κ1) is 24.2. The van der Waals surface area contributed by atoms with Crippen LogP contribution in [0.1, 0.15) is 65.8 Å². The predicted molar refractivity (Wildman–Crippen MR) is 116 cm³/mol. The number of rotatable bonds is 9. The van der Waals surface area contributed by atoms with Crippen molar-refractivity contribution < 1.29 is 4.52 Å². The number of hydrogen-bond donors (Lipinski definition) is 2. The molecule has 7 heteroatoms. The molecule has 0 unspecified atom stereocenters. The highest BCUT2D eigenvalue weighted by atomic mass is 127.